The molecular formula is C13H6Cl2F4O. The predicted octanol–water partition coefficient (Wildman–Crippen LogP) is 5.23. The van der Waals surface area contributed by atoms with Gasteiger partial charge in [0.25, 0.3) is 0 Å². The van der Waals surface area contributed by atoms with Crippen LogP contribution in [0.2, 0.25) is 10.0 Å². The lowest BCUT2D eigenvalue weighted by Gasteiger charge is -2.11. The van der Waals surface area contributed by atoms with Gasteiger partial charge < -0.3 is 4.74 Å². The second-order valence-electron chi connectivity index (χ2n) is 3.79. The van der Waals surface area contributed by atoms with Crippen LogP contribution in [0.5, 0.6) is 5.75 Å². The number of ether oxygens (including phenoxy) is 1. The number of hydrogen-bond acceptors (Lipinski definition) is 1. The van der Waals surface area contributed by atoms with Gasteiger partial charge in [-0.2, -0.15) is 8.78 Å². The second kappa shape index (κ2) is 5.50. The third-order valence-corrected chi connectivity index (χ3v) is 3.37. The topological polar surface area (TPSA) is 9.23 Å². The number of methoxy groups -OCH3 is 1. The highest BCUT2D eigenvalue weighted by molar-refractivity contribution is 6.42. The lowest BCUT2D eigenvalue weighted by Crippen LogP contribution is -2.03. The number of benzene rings is 2. The van der Waals surface area contributed by atoms with E-state index in [-0.39, 0.29) is 15.6 Å². The summed E-state index contributed by atoms with van der Waals surface area (Å²) < 4.78 is 59.2. The highest BCUT2D eigenvalue weighted by Crippen LogP contribution is 2.37. The van der Waals surface area contributed by atoms with Crippen molar-refractivity contribution in [1.82, 2.24) is 0 Å². The van der Waals surface area contributed by atoms with Gasteiger partial charge in [0.2, 0.25) is 11.6 Å². The van der Waals surface area contributed by atoms with E-state index in [1.54, 1.807) is 0 Å². The van der Waals surface area contributed by atoms with E-state index in [0.717, 1.165) is 13.2 Å². The van der Waals surface area contributed by atoms with E-state index >= 15 is 0 Å². The van der Waals surface area contributed by atoms with Crippen molar-refractivity contribution in [3.05, 3.63) is 51.5 Å². The molecule has 1 nitrogen and oxygen atoms in total. The van der Waals surface area contributed by atoms with Gasteiger partial charge in [0.05, 0.1) is 22.7 Å². The first-order valence-electron chi connectivity index (χ1n) is 5.23. The van der Waals surface area contributed by atoms with Crippen molar-refractivity contribution < 1.29 is 22.3 Å². The molecule has 106 valence electrons. The zero-order valence-corrected chi connectivity index (χ0v) is 11.4. The van der Waals surface area contributed by atoms with Gasteiger partial charge in [-0.25, -0.2) is 8.78 Å². The van der Waals surface area contributed by atoms with Crippen LogP contribution in [0.4, 0.5) is 17.6 Å². The van der Waals surface area contributed by atoms with Gasteiger partial charge in [0, 0.05) is 0 Å². The Labute approximate surface area is 121 Å². The quantitative estimate of drug-likeness (QED) is 0.543. The summed E-state index contributed by atoms with van der Waals surface area (Å²) in [6, 6.07) is 3.57. The standard InChI is InChI=1S/C13H6Cl2F4O/c1-20-13-11(18)9(16)8(10(17)12(13)19)5-2-3-6(14)7(15)4-5/h2-4H,1H3. The zero-order valence-electron chi connectivity index (χ0n) is 9.91. The minimum Gasteiger partial charge on any atom is -0.491 e. The Morgan fingerprint density at radius 2 is 1.40 bits per heavy atom. The molecule has 2 aromatic carbocycles. The summed E-state index contributed by atoms with van der Waals surface area (Å²) >= 11 is 11.4. The molecule has 2 aromatic rings. The van der Waals surface area contributed by atoms with Crippen molar-refractivity contribution in [3.8, 4) is 16.9 Å². The molecule has 0 aliphatic heterocycles. The van der Waals surface area contributed by atoms with Crippen LogP contribution in [0.15, 0.2) is 18.2 Å². The van der Waals surface area contributed by atoms with Crippen LogP contribution in [-0.4, -0.2) is 7.11 Å². The fraction of sp³-hybridized carbons (Fsp3) is 0.0769. The summed E-state index contributed by atoms with van der Waals surface area (Å²) in [7, 11) is 0.902. The molecule has 0 unspecified atom stereocenters. The minimum absolute atomic E-state index is 0.000369. The molecule has 0 saturated heterocycles. The largest absolute Gasteiger partial charge is 0.491 e. The maximum atomic E-state index is 13.9. The molecule has 0 fully saturated rings. The summed E-state index contributed by atoms with van der Waals surface area (Å²) in [6.45, 7) is 0. The average molecular weight is 325 g/mol. The summed E-state index contributed by atoms with van der Waals surface area (Å²) in [5, 5.41) is 0.144. The van der Waals surface area contributed by atoms with Crippen molar-refractivity contribution in [3.63, 3.8) is 0 Å². The molecular weight excluding hydrogens is 319 g/mol. The van der Waals surface area contributed by atoms with Crippen molar-refractivity contribution in [1.29, 1.82) is 0 Å². The summed E-state index contributed by atoms with van der Waals surface area (Å²) in [5.74, 6) is -7.50. The monoisotopic (exact) mass is 324 g/mol. The van der Waals surface area contributed by atoms with Gasteiger partial charge in [-0.05, 0) is 17.7 Å². The fourth-order valence-corrected chi connectivity index (χ4v) is 1.99. The Kier molecular flexibility index (Phi) is 4.11. The Hall–Kier alpha value is -1.46. The van der Waals surface area contributed by atoms with Gasteiger partial charge in [0.1, 0.15) is 0 Å². The highest BCUT2D eigenvalue weighted by Gasteiger charge is 2.27. The first-order chi connectivity index (χ1) is 9.38. The first-order valence-corrected chi connectivity index (χ1v) is 5.99. The van der Waals surface area contributed by atoms with Crippen molar-refractivity contribution in [2.45, 2.75) is 0 Å². The van der Waals surface area contributed by atoms with Crippen molar-refractivity contribution in [2.24, 2.45) is 0 Å². The Bertz CT molecular complexity index is 660. The number of halogens is 6. The van der Waals surface area contributed by atoms with Gasteiger partial charge in [-0.3, -0.25) is 0 Å². The van der Waals surface area contributed by atoms with Crippen LogP contribution >= 0.6 is 23.2 Å². The molecule has 2 rings (SSSR count). The smallest absolute Gasteiger partial charge is 0.204 e. The molecule has 0 aliphatic rings. The molecule has 0 aromatic heterocycles. The first kappa shape index (κ1) is 14.9. The van der Waals surface area contributed by atoms with Gasteiger partial charge in [-0.1, -0.05) is 29.3 Å². The summed E-state index contributed by atoms with van der Waals surface area (Å²) in [6.07, 6.45) is 0. The van der Waals surface area contributed by atoms with E-state index < -0.39 is 34.6 Å². The lowest BCUT2D eigenvalue weighted by atomic mass is 10.0. The van der Waals surface area contributed by atoms with Crippen LogP contribution in [0, 0.1) is 23.3 Å². The molecule has 0 saturated carbocycles. The van der Waals surface area contributed by atoms with E-state index in [4.69, 9.17) is 23.2 Å². The molecule has 0 amide bonds. The van der Waals surface area contributed by atoms with E-state index in [9.17, 15) is 17.6 Å². The highest BCUT2D eigenvalue weighted by atomic mass is 35.5. The van der Waals surface area contributed by atoms with Gasteiger partial charge in [-0.15, -0.1) is 0 Å². The Morgan fingerprint density at radius 1 is 0.850 bits per heavy atom. The number of hydrogen-bond donors (Lipinski definition) is 0. The summed E-state index contributed by atoms with van der Waals surface area (Å²) in [5.41, 5.74) is -1.02. The van der Waals surface area contributed by atoms with E-state index in [1.165, 1.54) is 12.1 Å². The normalized spacial score (nSPS) is 10.8. The molecule has 0 aliphatic carbocycles. The third kappa shape index (κ3) is 2.31. The minimum atomic E-state index is -1.62. The fourth-order valence-electron chi connectivity index (χ4n) is 1.70. The van der Waals surface area contributed by atoms with Gasteiger partial charge >= 0.3 is 0 Å². The lowest BCUT2D eigenvalue weighted by molar-refractivity contribution is 0.334. The van der Waals surface area contributed by atoms with Crippen LogP contribution < -0.4 is 4.74 Å². The summed E-state index contributed by atoms with van der Waals surface area (Å²) in [4.78, 5) is 0. The van der Waals surface area contributed by atoms with E-state index in [0.29, 0.717) is 0 Å². The van der Waals surface area contributed by atoms with Gasteiger partial charge in [0.15, 0.2) is 17.4 Å². The maximum Gasteiger partial charge on any atom is 0.204 e. The maximum absolute atomic E-state index is 13.9. The van der Waals surface area contributed by atoms with Crippen LogP contribution in [0.3, 0.4) is 0 Å². The van der Waals surface area contributed by atoms with E-state index in [2.05, 4.69) is 4.74 Å². The van der Waals surface area contributed by atoms with E-state index in [1.807, 2.05) is 0 Å². The molecule has 7 heteroatoms. The van der Waals surface area contributed by atoms with Crippen molar-refractivity contribution >= 4 is 23.2 Å². The molecule has 0 N–H and O–H groups in total. The Balaban J connectivity index is 2.77. The molecule has 0 heterocycles. The molecule has 0 radical (unpaired) electrons. The predicted molar refractivity (Wildman–Crippen MR) is 68.3 cm³/mol. The number of rotatable bonds is 2. The van der Waals surface area contributed by atoms with Crippen LogP contribution in [0.25, 0.3) is 11.1 Å². The van der Waals surface area contributed by atoms with Crippen molar-refractivity contribution in [2.75, 3.05) is 7.11 Å². The molecule has 0 bridgehead atoms. The third-order valence-electron chi connectivity index (χ3n) is 2.64. The molecule has 20 heavy (non-hydrogen) atoms. The average Bonchev–Trinajstić information content (AvgIpc) is 2.41. The molecule has 0 atom stereocenters. The second-order valence-corrected chi connectivity index (χ2v) is 4.61. The van der Waals surface area contributed by atoms with Crippen LogP contribution in [0.1, 0.15) is 0 Å². The molecule has 0 spiro atoms. The zero-order chi connectivity index (χ0) is 15.0. The Morgan fingerprint density at radius 3 is 1.85 bits per heavy atom. The van der Waals surface area contributed by atoms with Crippen LogP contribution in [-0.2, 0) is 0 Å². The SMILES string of the molecule is COc1c(F)c(F)c(-c2ccc(Cl)c(Cl)c2)c(F)c1F.